The first-order chi connectivity index (χ1) is 14.2. The molecule has 8 heteroatoms. The van der Waals surface area contributed by atoms with Crippen LogP contribution in [0, 0.1) is 6.92 Å². The van der Waals surface area contributed by atoms with Crippen LogP contribution in [-0.2, 0) is 12.0 Å². The van der Waals surface area contributed by atoms with E-state index in [4.69, 9.17) is 4.74 Å². The van der Waals surface area contributed by atoms with Crippen LogP contribution in [0.25, 0.3) is 0 Å². The average molecular weight is 470 g/mol. The Morgan fingerprint density at radius 1 is 1.20 bits per heavy atom. The van der Waals surface area contributed by atoms with Crippen LogP contribution in [0.4, 0.5) is 5.82 Å². The number of aromatic amines is 1. The smallest absolute Gasteiger partial charge is 0.363 e. The Labute approximate surface area is 183 Å². The molecule has 1 heterocycles. The fourth-order valence-electron chi connectivity index (χ4n) is 2.67. The van der Waals surface area contributed by atoms with Gasteiger partial charge in [-0.15, -0.1) is 0 Å². The first-order valence-corrected chi connectivity index (χ1v) is 10.3. The van der Waals surface area contributed by atoms with Crippen LogP contribution >= 0.6 is 15.9 Å². The van der Waals surface area contributed by atoms with Gasteiger partial charge < -0.3 is 4.74 Å². The molecule has 0 aliphatic carbocycles. The first-order valence-electron chi connectivity index (χ1n) is 9.46. The molecular formula is C22H24BrN5O2. The molecule has 0 aliphatic heterocycles. The van der Waals surface area contributed by atoms with Gasteiger partial charge in [-0.2, -0.15) is 15.2 Å². The standard InChI is InChI=1S/C22H24BrN5O2/c1-14-20(25-21(29)28-26-14)27-24-12-16-11-18(23)9-10-19(16)30-13-15-5-7-17(8-6-15)22(2,3)4/h5-12H,13H2,1-4H3,(H2,25,27,28,29)/b24-12+. The van der Waals surface area contributed by atoms with Gasteiger partial charge in [0.25, 0.3) is 0 Å². The molecule has 0 unspecified atom stereocenters. The molecular weight excluding hydrogens is 446 g/mol. The second kappa shape index (κ2) is 9.21. The van der Waals surface area contributed by atoms with Crippen LogP contribution in [0.3, 0.4) is 0 Å². The molecule has 0 saturated heterocycles. The highest BCUT2D eigenvalue weighted by Gasteiger charge is 2.13. The molecule has 0 radical (unpaired) electrons. The molecule has 2 N–H and O–H groups in total. The Bertz CT molecular complexity index is 1100. The van der Waals surface area contributed by atoms with Crippen LogP contribution in [0.5, 0.6) is 5.75 Å². The molecule has 0 bridgehead atoms. The SMILES string of the molecule is Cc1n[nH]c(=O)nc1N/N=C/c1cc(Br)ccc1OCc1ccc(C(C)(C)C)cc1. The Kier molecular flexibility index (Phi) is 6.66. The predicted molar refractivity (Wildman–Crippen MR) is 122 cm³/mol. The summed E-state index contributed by atoms with van der Waals surface area (Å²) in [5, 5.41) is 10.3. The third-order valence-electron chi connectivity index (χ3n) is 4.44. The van der Waals surface area contributed by atoms with E-state index in [2.05, 4.69) is 86.7 Å². The number of aryl methyl sites for hydroxylation is 1. The molecule has 0 fully saturated rings. The van der Waals surface area contributed by atoms with Crippen LogP contribution in [0.15, 0.2) is 56.8 Å². The van der Waals surface area contributed by atoms with Crippen molar-refractivity contribution < 1.29 is 4.74 Å². The van der Waals surface area contributed by atoms with E-state index in [1.54, 1.807) is 13.1 Å². The van der Waals surface area contributed by atoms with E-state index >= 15 is 0 Å². The lowest BCUT2D eigenvalue weighted by atomic mass is 9.87. The maximum absolute atomic E-state index is 11.3. The summed E-state index contributed by atoms with van der Waals surface area (Å²) in [6.45, 7) is 8.74. The van der Waals surface area contributed by atoms with E-state index in [0.717, 1.165) is 15.6 Å². The second-order valence-electron chi connectivity index (χ2n) is 7.86. The monoisotopic (exact) mass is 469 g/mol. The number of hydrazone groups is 1. The summed E-state index contributed by atoms with van der Waals surface area (Å²) in [5.41, 5.74) is 6.01. The Hall–Kier alpha value is -3.00. The number of aromatic nitrogens is 3. The van der Waals surface area contributed by atoms with E-state index in [9.17, 15) is 4.79 Å². The largest absolute Gasteiger partial charge is 0.488 e. The van der Waals surface area contributed by atoms with E-state index in [-0.39, 0.29) is 5.41 Å². The highest BCUT2D eigenvalue weighted by atomic mass is 79.9. The average Bonchev–Trinajstić information content (AvgIpc) is 2.69. The van der Waals surface area contributed by atoms with Gasteiger partial charge in [0, 0.05) is 10.0 Å². The maximum Gasteiger partial charge on any atom is 0.363 e. The fourth-order valence-corrected chi connectivity index (χ4v) is 3.05. The van der Waals surface area contributed by atoms with Crippen molar-refractivity contribution in [3.63, 3.8) is 0 Å². The molecule has 0 aliphatic rings. The minimum absolute atomic E-state index is 0.119. The number of rotatable bonds is 6. The summed E-state index contributed by atoms with van der Waals surface area (Å²) in [6.07, 6.45) is 1.62. The predicted octanol–water partition coefficient (Wildman–Crippen LogP) is 4.56. The summed E-state index contributed by atoms with van der Waals surface area (Å²) >= 11 is 3.47. The van der Waals surface area contributed by atoms with E-state index in [1.165, 1.54) is 5.56 Å². The highest BCUT2D eigenvalue weighted by molar-refractivity contribution is 9.10. The van der Waals surface area contributed by atoms with Gasteiger partial charge in [0.1, 0.15) is 18.1 Å². The zero-order valence-electron chi connectivity index (χ0n) is 17.4. The van der Waals surface area contributed by atoms with Gasteiger partial charge in [-0.25, -0.2) is 9.89 Å². The van der Waals surface area contributed by atoms with Crippen molar-refractivity contribution in [3.8, 4) is 5.75 Å². The van der Waals surface area contributed by atoms with Gasteiger partial charge in [0.2, 0.25) is 0 Å². The lowest BCUT2D eigenvalue weighted by molar-refractivity contribution is 0.305. The van der Waals surface area contributed by atoms with Crippen molar-refractivity contribution in [2.75, 3.05) is 5.43 Å². The summed E-state index contributed by atoms with van der Waals surface area (Å²) in [5.74, 6) is 0.990. The normalized spacial score (nSPS) is 11.6. The maximum atomic E-state index is 11.3. The van der Waals surface area contributed by atoms with E-state index < -0.39 is 5.69 Å². The van der Waals surface area contributed by atoms with Gasteiger partial charge in [-0.3, -0.25) is 5.43 Å². The van der Waals surface area contributed by atoms with Crippen molar-refractivity contribution >= 4 is 28.0 Å². The highest BCUT2D eigenvalue weighted by Crippen LogP contribution is 2.25. The molecule has 3 aromatic rings. The van der Waals surface area contributed by atoms with Crippen molar-refractivity contribution in [1.82, 2.24) is 15.2 Å². The minimum atomic E-state index is -0.540. The summed E-state index contributed by atoms with van der Waals surface area (Å²) < 4.78 is 6.93. The summed E-state index contributed by atoms with van der Waals surface area (Å²) in [7, 11) is 0. The number of nitrogens with zero attached hydrogens (tertiary/aromatic N) is 3. The Balaban J connectivity index is 1.72. The number of ether oxygens (including phenoxy) is 1. The second-order valence-corrected chi connectivity index (χ2v) is 8.78. The van der Waals surface area contributed by atoms with Gasteiger partial charge >= 0.3 is 5.69 Å². The molecule has 156 valence electrons. The van der Waals surface area contributed by atoms with E-state index in [1.807, 2.05) is 18.2 Å². The van der Waals surface area contributed by atoms with Crippen LogP contribution in [0.2, 0.25) is 0 Å². The number of anilines is 1. The van der Waals surface area contributed by atoms with Gasteiger partial charge in [0.05, 0.1) is 6.21 Å². The molecule has 1 aromatic heterocycles. The molecule has 30 heavy (non-hydrogen) atoms. The third kappa shape index (κ3) is 5.76. The van der Waals surface area contributed by atoms with Crippen LogP contribution < -0.4 is 15.9 Å². The van der Waals surface area contributed by atoms with Gasteiger partial charge in [0.15, 0.2) is 5.82 Å². The van der Waals surface area contributed by atoms with Crippen molar-refractivity contribution in [3.05, 3.63) is 79.8 Å². The molecule has 3 rings (SSSR count). The number of benzene rings is 2. The van der Waals surface area contributed by atoms with Crippen molar-refractivity contribution in [2.45, 2.75) is 39.7 Å². The van der Waals surface area contributed by atoms with Crippen molar-refractivity contribution in [1.29, 1.82) is 0 Å². The number of H-pyrrole nitrogens is 1. The zero-order valence-corrected chi connectivity index (χ0v) is 18.9. The van der Waals surface area contributed by atoms with Crippen LogP contribution in [0.1, 0.15) is 43.2 Å². The molecule has 2 aromatic carbocycles. The Morgan fingerprint density at radius 2 is 1.93 bits per heavy atom. The van der Waals surface area contributed by atoms with Gasteiger partial charge in [-0.1, -0.05) is 61.0 Å². The summed E-state index contributed by atoms with van der Waals surface area (Å²) in [4.78, 5) is 15.1. The number of halogens is 1. The topological polar surface area (TPSA) is 92.3 Å². The van der Waals surface area contributed by atoms with Gasteiger partial charge in [-0.05, 0) is 41.7 Å². The molecule has 0 amide bonds. The summed E-state index contributed by atoms with van der Waals surface area (Å²) in [6, 6.07) is 14.1. The zero-order chi connectivity index (χ0) is 21.7. The molecule has 0 spiro atoms. The number of hydrogen-bond donors (Lipinski definition) is 2. The quantitative estimate of drug-likeness (QED) is 0.407. The first kappa shape index (κ1) is 21.7. The van der Waals surface area contributed by atoms with Crippen LogP contribution in [-0.4, -0.2) is 21.4 Å². The molecule has 0 saturated carbocycles. The van der Waals surface area contributed by atoms with Crippen molar-refractivity contribution in [2.24, 2.45) is 5.10 Å². The lowest BCUT2D eigenvalue weighted by Gasteiger charge is -2.19. The Morgan fingerprint density at radius 3 is 2.63 bits per heavy atom. The number of nitrogens with one attached hydrogen (secondary N) is 2. The number of hydrogen-bond acceptors (Lipinski definition) is 6. The van der Waals surface area contributed by atoms with E-state index in [0.29, 0.717) is 23.9 Å². The lowest BCUT2D eigenvalue weighted by Crippen LogP contribution is -2.15. The molecule has 0 atom stereocenters. The minimum Gasteiger partial charge on any atom is -0.488 e. The molecule has 7 nitrogen and oxygen atoms in total. The third-order valence-corrected chi connectivity index (χ3v) is 4.93. The fraction of sp³-hybridized carbons (Fsp3) is 0.273.